The fourth-order valence-electron chi connectivity index (χ4n) is 6.87. The van der Waals surface area contributed by atoms with Crippen molar-refractivity contribution in [1.82, 2.24) is 0 Å². The molecule has 40 heavy (non-hydrogen) atoms. The second kappa shape index (κ2) is 8.68. The van der Waals surface area contributed by atoms with Gasteiger partial charge in [-0.15, -0.1) is 0 Å². The number of anilines is 1. The van der Waals surface area contributed by atoms with E-state index in [4.69, 9.17) is 0 Å². The highest BCUT2D eigenvalue weighted by molar-refractivity contribution is 6.32. The molecule has 1 fully saturated rings. The van der Waals surface area contributed by atoms with Crippen molar-refractivity contribution in [3.63, 3.8) is 0 Å². The number of hydrogen-bond donors (Lipinski definition) is 0. The summed E-state index contributed by atoms with van der Waals surface area (Å²) in [5.41, 5.74) is 1.52. The smallest absolute Gasteiger partial charge is 0.269 e. The molecule has 1 spiro atoms. The second-order valence-corrected chi connectivity index (χ2v) is 10.3. The molecule has 0 amide bonds. The van der Waals surface area contributed by atoms with Crippen LogP contribution in [0, 0.1) is 15.5 Å². The van der Waals surface area contributed by atoms with Gasteiger partial charge in [0, 0.05) is 40.4 Å². The van der Waals surface area contributed by atoms with Crippen LogP contribution in [0.5, 0.6) is 0 Å². The van der Waals surface area contributed by atoms with E-state index in [-0.39, 0.29) is 23.0 Å². The molecule has 1 unspecified atom stereocenters. The summed E-state index contributed by atoms with van der Waals surface area (Å²) in [4.78, 5) is 56.5. The Balaban J connectivity index is 1.54. The Morgan fingerprint density at radius 1 is 0.775 bits per heavy atom. The minimum absolute atomic E-state index is 0.114. The number of nitrogens with zero attached hydrogens (tertiary/aromatic N) is 2. The van der Waals surface area contributed by atoms with Gasteiger partial charge in [-0.05, 0) is 17.2 Å². The minimum Gasteiger partial charge on any atom is -0.352 e. The molecule has 1 saturated heterocycles. The number of para-hydroxylation sites is 1. The molecule has 194 valence electrons. The molecular formula is C33H22N2O5. The van der Waals surface area contributed by atoms with E-state index >= 15 is 0 Å². The lowest BCUT2D eigenvalue weighted by Gasteiger charge is -2.37. The first-order valence-corrected chi connectivity index (χ1v) is 13.0. The quantitative estimate of drug-likeness (QED) is 0.142. The van der Waals surface area contributed by atoms with Gasteiger partial charge in [-0.3, -0.25) is 24.5 Å². The lowest BCUT2D eigenvalue weighted by molar-refractivity contribution is -0.384. The molecule has 0 saturated carbocycles. The lowest BCUT2D eigenvalue weighted by Crippen LogP contribution is -2.48. The number of nitro groups is 1. The van der Waals surface area contributed by atoms with Crippen molar-refractivity contribution in [1.29, 1.82) is 0 Å². The van der Waals surface area contributed by atoms with Crippen LogP contribution in [0.2, 0.25) is 0 Å². The number of rotatable bonds is 4. The van der Waals surface area contributed by atoms with Crippen molar-refractivity contribution in [2.75, 3.05) is 4.90 Å². The Morgan fingerprint density at radius 2 is 1.38 bits per heavy atom. The predicted molar refractivity (Wildman–Crippen MR) is 150 cm³/mol. The number of ketones is 3. The summed E-state index contributed by atoms with van der Waals surface area (Å²) in [5.74, 6) is -1.81. The summed E-state index contributed by atoms with van der Waals surface area (Å²) in [7, 11) is 0. The summed E-state index contributed by atoms with van der Waals surface area (Å²) in [6.07, 6.45) is 3.77. The van der Waals surface area contributed by atoms with Crippen LogP contribution in [0.1, 0.15) is 48.1 Å². The first-order valence-electron chi connectivity index (χ1n) is 13.0. The first-order chi connectivity index (χ1) is 19.4. The van der Waals surface area contributed by atoms with Crippen LogP contribution >= 0.6 is 0 Å². The summed E-state index contributed by atoms with van der Waals surface area (Å²) in [6, 6.07) is 27.5. The van der Waals surface area contributed by atoms with Crippen LogP contribution in [-0.2, 0) is 0 Å². The average molecular weight is 527 g/mol. The van der Waals surface area contributed by atoms with E-state index in [1.807, 2.05) is 47.4 Å². The Kier molecular flexibility index (Phi) is 5.19. The molecule has 1 aliphatic carbocycles. The van der Waals surface area contributed by atoms with Crippen molar-refractivity contribution in [2.45, 2.75) is 18.0 Å². The molecule has 0 radical (unpaired) electrons. The summed E-state index contributed by atoms with van der Waals surface area (Å²) >= 11 is 0. The third kappa shape index (κ3) is 3.09. The summed E-state index contributed by atoms with van der Waals surface area (Å²) in [5, 5.41) is 11.5. The first kappa shape index (κ1) is 23.9. The molecule has 0 aromatic heterocycles. The maximum Gasteiger partial charge on any atom is 0.269 e. The van der Waals surface area contributed by atoms with Crippen molar-refractivity contribution in [2.24, 2.45) is 5.41 Å². The second-order valence-electron chi connectivity index (χ2n) is 10.3. The van der Waals surface area contributed by atoms with Gasteiger partial charge in [0.15, 0.2) is 17.3 Å². The standard InChI is InChI=1S/C33H22N2O5/c36-30(22-9-2-1-3-10-22)29-28(21-14-17-23(18-15-21)35(39)40)33(31(37)24-11-5-6-12-25(24)32(33)38)27-19-16-20-8-4-7-13-26(20)34(27)29/h1-19,27-29H/t27?,28-,29+/m1/s1. The average Bonchev–Trinajstić information content (AvgIpc) is 3.43. The zero-order valence-corrected chi connectivity index (χ0v) is 21.1. The van der Waals surface area contributed by atoms with E-state index < -0.39 is 28.3 Å². The van der Waals surface area contributed by atoms with E-state index in [9.17, 15) is 24.5 Å². The van der Waals surface area contributed by atoms with Crippen molar-refractivity contribution < 1.29 is 19.3 Å². The Labute approximate surface area is 229 Å². The normalized spacial score (nSPS) is 21.7. The Morgan fingerprint density at radius 3 is 2.02 bits per heavy atom. The largest absolute Gasteiger partial charge is 0.352 e. The van der Waals surface area contributed by atoms with Gasteiger partial charge >= 0.3 is 0 Å². The molecule has 2 aliphatic heterocycles. The zero-order chi connectivity index (χ0) is 27.6. The van der Waals surface area contributed by atoms with Crippen LogP contribution < -0.4 is 4.90 Å². The number of carbonyl (C=O) groups excluding carboxylic acids is 3. The highest BCUT2D eigenvalue weighted by atomic mass is 16.6. The number of nitro benzene ring substituents is 1. The minimum atomic E-state index is -1.64. The third-order valence-corrected chi connectivity index (χ3v) is 8.50. The monoisotopic (exact) mass is 526 g/mol. The molecule has 4 aromatic carbocycles. The van der Waals surface area contributed by atoms with Crippen LogP contribution in [0.4, 0.5) is 11.4 Å². The molecule has 7 heteroatoms. The van der Waals surface area contributed by atoms with E-state index in [2.05, 4.69) is 0 Å². The van der Waals surface area contributed by atoms with Gasteiger partial charge in [0.2, 0.25) is 0 Å². The van der Waals surface area contributed by atoms with E-state index in [0.717, 1.165) is 11.3 Å². The molecule has 3 aliphatic rings. The molecular weight excluding hydrogens is 504 g/mol. The molecule has 7 nitrogen and oxygen atoms in total. The topological polar surface area (TPSA) is 97.6 Å². The summed E-state index contributed by atoms with van der Waals surface area (Å²) in [6.45, 7) is 0. The fraction of sp³-hybridized carbons (Fsp3) is 0.121. The molecule has 4 aromatic rings. The third-order valence-electron chi connectivity index (χ3n) is 8.50. The number of Topliss-reactive ketones (excluding diaryl/α,β-unsaturated/α-hetero) is 3. The van der Waals surface area contributed by atoms with Gasteiger partial charge < -0.3 is 4.90 Å². The zero-order valence-electron chi connectivity index (χ0n) is 21.1. The van der Waals surface area contributed by atoms with E-state index in [1.165, 1.54) is 12.1 Å². The number of carbonyl (C=O) groups is 3. The SMILES string of the molecule is O=C(c1ccccc1)[C@@H]1[C@@H](c2ccc([N+](=O)[O-])cc2)C2(C(=O)c3ccccc3C2=O)C2C=Cc3ccccc3N21. The predicted octanol–water partition coefficient (Wildman–Crippen LogP) is 5.91. The van der Waals surface area contributed by atoms with Gasteiger partial charge in [-0.2, -0.15) is 0 Å². The van der Waals surface area contributed by atoms with Crippen LogP contribution in [0.25, 0.3) is 6.08 Å². The van der Waals surface area contributed by atoms with Gasteiger partial charge in [-0.25, -0.2) is 0 Å². The molecule has 0 bridgehead atoms. The van der Waals surface area contributed by atoms with E-state index in [1.54, 1.807) is 60.7 Å². The molecule has 2 heterocycles. The number of fused-ring (bicyclic) bond motifs is 5. The maximum absolute atomic E-state index is 14.6. The molecule has 7 rings (SSSR count). The van der Waals surface area contributed by atoms with Crippen molar-refractivity contribution >= 4 is 34.8 Å². The maximum atomic E-state index is 14.6. The Bertz CT molecular complexity index is 1720. The fourth-order valence-corrected chi connectivity index (χ4v) is 6.87. The Hall–Kier alpha value is -5.17. The van der Waals surface area contributed by atoms with Crippen LogP contribution in [0.3, 0.4) is 0 Å². The van der Waals surface area contributed by atoms with Gasteiger partial charge in [0.1, 0.15) is 11.5 Å². The van der Waals surface area contributed by atoms with Crippen LogP contribution in [-0.4, -0.2) is 34.4 Å². The molecule has 0 N–H and O–H groups in total. The van der Waals surface area contributed by atoms with Gasteiger partial charge in [-0.1, -0.05) is 97.1 Å². The van der Waals surface area contributed by atoms with Crippen molar-refractivity contribution in [3.8, 4) is 0 Å². The summed E-state index contributed by atoms with van der Waals surface area (Å²) < 4.78 is 0. The van der Waals surface area contributed by atoms with Crippen molar-refractivity contribution in [3.05, 3.63) is 147 Å². The highest BCUT2D eigenvalue weighted by Gasteiger charge is 2.71. The van der Waals surface area contributed by atoms with E-state index in [0.29, 0.717) is 22.3 Å². The van der Waals surface area contributed by atoms with Crippen LogP contribution in [0.15, 0.2) is 109 Å². The van der Waals surface area contributed by atoms with Gasteiger partial charge in [0.05, 0.1) is 11.0 Å². The number of benzene rings is 4. The number of hydrogen-bond acceptors (Lipinski definition) is 6. The highest BCUT2D eigenvalue weighted by Crippen LogP contribution is 2.61. The van der Waals surface area contributed by atoms with Gasteiger partial charge in [0.25, 0.3) is 5.69 Å². The number of non-ortho nitro benzene ring substituents is 1. The lowest BCUT2D eigenvalue weighted by atomic mass is 9.64. The molecule has 3 atom stereocenters.